The Hall–Kier alpha value is -3.33. The molecule has 3 aromatic carbocycles. The third-order valence-electron chi connectivity index (χ3n) is 6.57. The smallest absolute Gasteiger partial charge is 0.230 e. The fourth-order valence-corrected chi connectivity index (χ4v) is 5.10. The molecule has 1 amide bonds. The van der Waals surface area contributed by atoms with Crippen LogP contribution in [0.3, 0.4) is 0 Å². The molecule has 4 aromatic rings. The van der Waals surface area contributed by atoms with Gasteiger partial charge in [-0.1, -0.05) is 85.8 Å². The number of hydrogen-bond donors (Lipinski definition) is 1. The minimum Gasteiger partial charge on any atom is -0.356 e. The summed E-state index contributed by atoms with van der Waals surface area (Å²) in [5, 5.41) is 1.22. The van der Waals surface area contributed by atoms with Gasteiger partial charge in [0, 0.05) is 28.7 Å². The van der Waals surface area contributed by atoms with Crippen molar-refractivity contribution in [2.75, 3.05) is 6.54 Å². The average Bonchev–Trinajstić information content (AvgIpc) is 3.45. The van der Waals surface area contributed by atoms with Gasteiger partial charge in [-0.2, -0.15) is 0 Å². The number of likely N-dealkylation sites (tertiary alicyclic amines) is 1. The number of amides is 1. The minimum atomic E-state index is -0.0913. The maximum Gasteiger partial charge on any atom is 0.230 e. The molecule has 2 heterocycles. The van der Waals surface area contributed by atoms with E-state index in [1.54, 1.807) is 0 Å². The number of nitrogens with one attached hydrogen (secondary N) is 1. The van der Waals surface area contributed by atoms with E-state index in [0.29, 0.717) is 0 Å². The number of carbonyl (C=O) groups is 1. The van der Waals surface area contributed by atoms with Crippen LogP contribution in [0, 0.1) is 0 Å². The second-order valence-electron chi connectivity index (χ2n) is 8.39. The van der Waals surface area contributed by atoms with Crippen LogP contribution in [0.1, 0.15) is 49.4 Å². The van der Waals surface area contributed by atoms with Gasteiger partial charge in [0.1, 0.15) is 0 Å². The molecule has 2 unspecified atom stereocenters. The molecule has 1 fully saturated rings. The van der Waals surface area contributed by atoms with E-state index in [-0.39, 0.29) is 17.9 Å². The number of fused-ring (bicyclic) bond motifs is 1. The SMILES string of the molecule is CCC(C(=O)N1CCCC1c1[nH]c2ccccc2c1-c1ccccc1)c1ccccc1. The Morgan fingerprint density at radius 2 is 1.65 bits per heavy atom. The fourth-order valence-electron chi connectivity index (χ4n) is 5.10. The molecule has 3 heteroatoms. The molecule has 2 atom stereocenters. The van der Waals surface area contributed by atoms with Gasteiger partial charge in [-0.3, -0.25) is 4.79 Å². The summed E-state index contributed by atoms with van der Waals surface area (Å²) < 4.78 is 0. The Bertz CT molecular complexity index is 1180. The van der Waals surface area contributed by atoms with Gasteiger partial charge in [0.15, 0.2) is 0 Å². The Morgan fingerprint density at radius 3 is 2.39 bits per heavy atom. The van der Waals surface area contributed by atoms with E-state index in [9.17, 15) is 4.79 Å². The van der Waals surface area contributed by atoms with E-state index in [0.717, 1.165) is 36.9 Å². The van der Waals surface area contributed by atoms with Crippen LogP contribution in [-0.4, -0.2) is 22.3 Å². The third-order valence-corrected chi connectivity index (χ3v) is 6.57. The molecule has 1 aliphatic rings. The zero-order valence-corrected chi connectivity index (χ0v) is 17.9. The molecule has 1 aromatic heterocycles. The fraction of sp³-hybridized carbons (Fsp3) is 0.250. The van der Waals surface area contributed by atoms with Crippen LogP contribution in [0.4, 0.5) is 0 Å². The van der Waals surface area contributed by atoms with Crippen molar-refractivity contribution in [3.63, 3.8) is 0 Å². The first-order valence-electron chi connectivity index (χ1n) is 11.3. The zero-order chi connectivity index (χ0) is 21.2. The number of H-pyrrole nitrogens is 1. The normalized spacial score (nSPS) is 17.2. The number of nitrogens with zero attached hydrogens (tertiary/aromatic N) is 1. The van der Waals surface area contributed by atoms with Gasteiger partial charge in [0.05, 0.1) is 12.0 Å². The van der Waals surface area contributed by atoms with Crippen LogP contribution in [0.25, 0.3) is 22.0 Å². The maximum atomic E-state index is 13.7. The summed E-state index contributed by atoms with van der Waals surface area (Å²) in [6, 6.07) is 29.3. The van der Waals surface area contributed by atoms with Crippen molar-refractivity contribution in [3.05, 3.63) is 96.2 Å². The second-order valence-corrected chi connectivity index (χ2v) is 8.39. The maximum absolute atomic E-state index is 13.7. The average molecular weight is 409 g/mol. The topological polar surface area (TPSA) is 36.1 Å². The lowest BCUT2D eigenvalue weighted by molar-refractivity contribution is -0.133. The zero-order valence-electron chi connectivity index (χ0n) is 17.9. The molecule has 0 radical (unpaired) electrons. The monoisotopic (exact) mass is 408 g/mol. The molecule has 0 spiro atoms. The number of aromatic amines is 1. The van der Waals surface area contributed by atoms with Gasteiger partial charge in [0.25, 0.3) is 0 Å². The lowest BCUT2D eigenvalue weighted by Crippen LogP contribution is -2.35. The van der Waals surface area contributed by atoms with Gasteiger partial charge >= 0.3 is 0 Å². The number of hydrogen-bond acceptors (Lipinski definition) is 1. The molecule has 1 saturated heterocycles. The molecule has 0 saturated carbocycles. The molecule has 5 rings (SSSR count). The third kappa shape index (κ3) is 3.54. The van der Waals surface area contributed by atoms with Crippen molar-refractivity contribution in [2.45, 2.75) is 38.1 Å². The van der Waals surface area contributed by atoms with Gasteiger partial charge in [-0.15, -0.1) is 0 Å². The van der Waals surface area contributed by atoms with E-state index < -0.39 is 0 Å². The van der Waals surface area contributed by atoms with Crippen molar-refractivity contribution in [1.82, 2.24) is 9.88 Å². The van der Waals surface area contributed by atoms with Gasteiger partial charge in [-0.05, 0) is 36.5 Å². The second kappa shape index (κ2) is 8.43. The molecule has 0 aliphatic carbocycles. The largest absolute Gasteiger partial charge is 0.356 e. The van der Waals surface area contributed by atoms with Crippen LogP contribution in [0.15, 0.2) is 84.9 Å². The summed E-state index contributed by atoms with van der Waals surface area (Å²) in [5.41, 5.74) is 5.84. The van der Waals surface area contributed by atoms with Crippen molar-refractivity contribution >= 4 is 16.8 Å². The van der Waals surface area contributed by atoms with E-state index in [1.165, 1.54) is 22.2 Å². The van der Waals surface area contributed by atoms with Gasteiger partial charge in [-0.25, -0.2) is 0 Å². The summed E-state index contributed by atoms with van der Waals surface area (Å²) >= 11 is 0. The summed E-state index contributed by atoms with van der Waals surface area (Å²) in [4.78, 5) is 19.6. The molecule has 31 heavy (non-hydrogen) atoms. The molecular formula is C28H28N2O. The Balaban J connectivity index is 1.58. The summed E-state index contributed by atoms with van der Waals surface area (Å²) in [6.45, 7) is 2.93. The first-order chi connectivity index (χ1) is 15.3. The standard InChI is InChI=1S/C28H28N2O/c1-2-22(20-12-5-3-6-13-20)28(31)30-19-11-18-25(30)27-26(21-14-7-4-8-15-21)23-16-9-10-17-24(23)29-27/h3-10,12-17,22,25,29H,2,11,18-19H2,1H3. The number of benzene rings is 3. The summed E-state index contributed by atoms with van der Waals surface area (Å²) in [6.07, 6.45) is 2.83. The van der Waals surface area contributed by atoms with Crippen molar-refractivity contribution in [3.8, 4) is 11.1 Å². The molecule has 156 valence electrons. The van der Waals surface area contributed by atoms with Crippen molar-refractivity contribution in [2.24, 2.45) is 0 Å². The first kappa shape index (κ1) is 19.6. The summed E-state index contributed by atoms with van der Waals surface area (Å²) in [7, 11) is 0. The lowest BCUT2D eigenvalue weighted by atomic mass is 9.93. The van der Waals surface area contributed by atoms with Crippen LogP contribution < -0.4 is 0 Å². The quantitative estimate of drug-likeness (QED) is 0.392. The van der Waals surface area contributed by atoms with Crippen molar-refractivity contribution < 1.29 is 4.79 Å². The number of para-hydroxylation sites is 1. The molecule has 1 aliphatic heterocycles. The predicted octanol–water partition coefficient (Wildman–Crippen LogP) is 6.69. The van der Waals surface area contributed by atoms with E-state index in [1.807, 2.05) is 18.2 Å². The van der Waals surface area contributed by atoms with Crippen LogP contribution >= 0.6 is 0 Å². The Morgan fingerprint density at radius 1 is 0.968 bits per heavy atom. The number of rotatable bonds is 5. The van der Waals surface area contributed by atoms with Crippen molar-refractivity contribution in [1.29, 1.82) is 0 Å². The van der Waals surface area contributed by atoms with Gasteiger partial charge < -0.3 is 9.88 Å². The molecular weight excluding hydrogens is 380 g/mol. The minimum absolute atomic E-state index is 0.0767. The van der Waals surface area contributed by atoms with Crippen LogP contribution in [0.2, 0.25) is 0 Å². The Kier molecular flexibility index (Phi) is 5.33. The van der Waals surface area contributed by atoms with E-state index in [2.05, 4.69) is 83.5 Å². The van der Waals surface area contributed by atoms with E-state index >= 15 is 0 Å². The highest BCUT2D eigenvalue weighted by Gasteiger charge is 2.36. The summed E-state index contributed by atoms with van der Waals surface area (Å²) in [5.74, 6) is 0.153. The van der Waals surface area contributed by atoms with Crippen LogP contribution in [-0.2, 0) is 4.79 Å². The molecule has 3 nitrogen and oxygen atoms in total. The molecule has 1 N–H and O–H groups in total. The number of carbonyl (C=O) groups excluding carboxylic acids is 1. The highest BCUT2D eigenvalue weighted by atomic mass is 16.2. The first-order valence-corrected chi connectivity index (χ1v) is 11.3. The molecule has 0 bridgehead atoms. The lowest BCUT2D eigenvalue weighted by Gasteiger charge is -2.29. The number of aromatic nitrogens is 1. The van der Waals surface area contributed by atoms with Crippen LogP contribution in [0.5, 0.6) is 0 Å². The predicted molar refractivity (Wildman–Crippen MR) is 127 cm³/mol. The van der Waals surface area contributed by atoms with E-state index in [4.69, 9.17) is 0 Å². The highest BCUT2D eigenvalue weighted by Crippen LogP contribution is 2.42. The Labute approximate surface area is 183 Å². The highest BCUT2D eigenvalue weighted by molar-refractivity contribution is 5.98. The van der Waals surface area contributed by atoms with Gasteiger partial charge in [0.2, 0.25) is 5.91 Å².